The molecular weight excluding hydrogens is 188 g/mol. The Balaban J connectivity index is 2.64. The maximum Gasteiger partial charge on any atom is 0.0348 e. The van der Waals surface area contributed by atoms with Crippen molar-refractivity contribution in [1.82, 2.24) is 0 Å². The Labute approximate surface area is 89.6 Å². The highest BCUT2D eigenvalue weighted by atomic mass is 32.1. The summed E-state index contributed by atoms with van der Waals surface area (Å²) in [5, 5.41) is 1.46. The molecule has 0 radical (unpaired) electrons. The molecule has 0 saturated heterocycles. The highest BCUT2D eigenvalue weighted by Gasteiger charge is 2.07. The van der Waals surface area contributed by atoms with Crippen LogP contribution in [0.15, 0.2) is 24.3 Å². The summed E-state index contributed by atoms with van der Waals surface area (Å²) in [5.41, 5.74) is 1.48. The van der Waals surface area contributed by atoms with Crippen molar-refractivity contribution in [3.63, 3.8) is 0 Å². The highest BCUT2D eigenvalue weighted by Crippen LogP contribution is 2.32. The van der Waals surface area contributed by atoms with Gasteiger partial charge in [-0.2, -0.15) is 0 Å². The molecule has 0 atom stereocenters. The Bertz CT molecular complexity index is 437. The van der Waals surface area contributed by atoms with Crippen LogP contribution in [0.1, 0.15) is 37.1 Å². The van der Waals surface area contributed by atoms with Gasteiger partial charge >= 0.3 is 0 Å². The van der Waals surface area contributed by atoms with Crippen molar-refractivity contribution in [1.29, 1.82) is 0 Å². The van der Waals surface area contributed by atoms with Crippen LogP contribution in [0.2, 0.25) is 0 Å². The molecule has 1 aromatic carbocycles. The first-order valence-electron chi connectivity index (χ1n) is 5.23. The molecule has 0 nitrogen and oxygen atoms in total. The van der Waals surface area contributed by atoms with Gasteiger partial charge in [0.05, 0.1) is 0 Å². The summed E-state index contributed by atoms with van der Waals surface area (Å²) in [7, 11) is 0. The number of hydrogen-bond acceptors (Lipinski definition) is 1. The van der Waals surface area contributed by atoms with E-state index in [0.717, 1.165) is 6.42 Å². The van der Waals surface area contributed by atoms with Crippen LogP contribution in [-0.2, 0) is 6.42 Å². The smallest absolute Gasteiger partial charge is 0.0348 e. The average Bonchev–Trinajstić information content (AvgIpc) is 2.60. The van der Waals surface area contributed by atoms with Gasteiger partial charge in [-0.1, -0.05) is 32.9 Å². The molecule has 0 N–H and O–H groups in total. The van der Waals surface area contributed by atoms with Gasteiger partial charge < -0.3 is 0 Å². The van der Waals surface area contributed by atoms with Gasteiger partial charge in [0.15, 0.2) is 0 Å². The number of thiophene rings is 1. The molecule has 2 aromatic rings. The lowest BCUT2D eigenvalue weighted by atomic mass is 10.1. The van der Waals surface area contributed by atoms with E-state index in [1.807, 2.05) is 11.3 Å². The molecule has 1 heterocycles. The molecule has 0 bridgehead atoms. The van der Waals surface area contributed by atoms with E-state index in [4.69, 9.17) is 0 Å². The summed E-state index contributed by atoms with van der Waals surface area (Å²) in [6, 6.07) is 9.00. The number of hydrogen-bond donors (Lipinski definition) is 0. The SMILES string of the molecule is CCc1cccc2sc(C(C)C)cc12. The molecular formula is C13H16S. The minimum Gasteiger partial charge on any atom is -0.140 e. The Morgan fingerprint density at radius 1 is 1.29 bits per heavy atom. The summed E-state index contributed by atoms with van der Waals surface area (Å²) in [5.74, 6) is 0.650. The van der Waals surface area contributed by atoms with Crippen LogP contribution in [0.25, 0.3) is 10.1 Å². The van der Waals surface area contributed by atoms with Crippen molar-refractivity contribution in [2.75, 3.05) is 0 Å². The first-order valence-corrected chi connectivity index (χ1v) is 6.05. The van der Waals surface area contributed by atoms with Gasteiger partial charge in [-0.3, -0.25) is 0 Å². The quantitative estimate of drug-likeness (QED) is 0.671. The molecule has 0 aliphatic rings. The third-order valence-corrected chi connectivity index (χ3v) is 4.02. The summed E-state index contributed by atoms with van der Waals surface area (Å²) in [6.07, 6.45) is 1.13. The Kier molecular flexibility index (Phi) is 2.60. The van der Waals surface area contributed by atoms with Crippen molar-refractivity contribution < 1.29 is 0 Å². The lowest BCUT2D eigenvalue weighted by molar-refractivity contribution is 0.890. The molecule has 0 unspecified atom stereocenters. The summed E-state index contributed by atoms with van der Waals surface area (Å²) < 4.78 is 1.44. The highest BCUT2D eigenvalue weighted by molar-refractivity contribution is 7.19. The zero-order valence-electron chi connectivity index (χ0n) is 9.00. The van der Waals surface area contributed by atoms with Crippen LogP contribution in [-0.4, -0.2) is 0 Å². The first kappa shape index (κ1) is 9.72. The summed E-state index contributed by atoms with van der Waals surface area (Å²) in [6.45, 7) is 6.74. The summed E-state index contributed by atoms with van der Waals surface area (Å²) in [4.78, 5) is 1.50. The molecule has 0 fully saturated rings. The van der Waals surface area contributed by atoms with E-state index in [1.54, 1.807) is 0 Å². The lowest BCUT2D eigenvalue weighted by Gasteiger charge is -1.97. The molecule has 1 heteroatoms. The van der Waals surface area contributed by atoms with E-state index in [-0.39, 0.29) is 0 Å². The predicted octanol–water partition coefficient (Wildman–Crippen LogP) is 4.59. The topological polar surface area (TPSA) is 0 Å². The van der Waals surface area contributed by atoms with E-state index < -0.39 is 0 Å². The number of benzene rings is 1. The fraction of sp³-hybridized carbons (Fsp3) is 0.385. The molecule has 0 saturated carbocycles. The molecule has 2 rings (SSSR count). The largest absolute Gasteiger partial charge is 0.140 e. The standard InChI is InChI=1S/C13H16S/c1-4-10-6-5-7-12-11(10)8-13(14-12)9(2)3/h5-9H,4H2,1-3H3. The number of aryl methyl sites for hydroxylation is 1. The maximum absolute atomic E-state index is 2.36. The fourth-order valence-corrected chi connectivity index (χ4v) is 2.85. The van der Waals surface area contributed by atoms with Gasteiger partial charge in [0, 0.05) is 9.58 Å². The molecule has 14 heavy (non-hydrogen) atoms. The predicted molar refractivity (Wildman–Crippen MR) is 65.3 cm³/mol. The first-order chi connectivity index (χ1) is 6.72. The Hall–Kier alpha value is -0.820. The second kappa shape index (κ2) is 3.74. The van der Waals surface area contributed by atoms with Gasteiger partial charge in [-0.25, -0.2) is 0 Å². The minimum absolute atomic E-state index is 0.650. The van der Waals surface area contributed by atoms with E-state index >= 15 is 0 Å². The van der Waals surface area contributed by atoms with Gasteiger partial charge in [0.2, 0.25) is 0 Å². The molecule has 1 aromatic heterocycles. The second-order valence-corrected chi connectivity index (χ2v) is 5.10. The van der Waals surface area contributed by atoms with Gasteiger partial charge in [-0.15, -0.1) is 11.3 Å². The lowest BCUT2D eigenvalue weighted by Crippen LogP contribution is -1.80. The third-order valence-electron chi connectivity index (χ3n) is 2.62. The monoisotopic (exact) mass is 204 g/mol. The van der Waals surface area contributed by atoms with E-state index in [1.165, 1.54) is 20.5 Å². The van der Waals surface area contributed by atoms with E-state index in [9.17, 15) is 0 Å². The van der Waals surface area contributed by atoms with E-state index in [2.05, 4.69) is 45.0 Å². The summed E-state index contributed by atoms with van der Waals surface area (Å²) >= 11 is 1.93. The fourth-order valence-electron chi connectivity index (χ4n) is 1.73. The van der Waals surface area contributed by atoms with Crippen molar-refractivity contribution >= 4 is 21.4 Å². The normalized spacial score (nSPS) is 11.4. The Morgan fingerprint density at radius 3 is 2.71 bits per heavy atom. The molecule has 0 aliphatic carbocycles. The van der Waals surface area contributed by atoms with Gasteiger partial charge in [0.25, 0.3) is 0 Å². The third kappa shape index (κ3) is 1.57. The molecule has 74 valence electrons. The minimum atomic E-state index is 0.650. The zero-order valence-corrected chi connectivity index (χ0v) is 9.82. The number of fused-ring (bicyclic) bond motifs is 1. The van der Waals surface area contributed by atoms with Crippen LogP contribution in [0, 0.1) is 0 Å². The molecule has 0 amide bonds. The van der Waals surface area contributed by atoms with Crippen molar-refractivity contribution in [3.8, 4) is 0 Å². The molecule has 0 spiro atoms. The van der Waals surface area contributed by atoms with Crippen LogP contribution >= 0.6 is 11.3 Å². The van der Waals surface area contributed by atoms with Crippen LogP contribution in [0.3, 0.4) is 0 Å². The van der Waals surface area contributed by atoms with Crippen molar-refractivity contribution in [3.05, 3.63) is 34.7 Å². The average molecular weight is 204 g/mol. The van der Waals surface area contributed by atoms with E-state index in [0.29, 0.717) is 5.92 Å². The van der Waals surface area contributed by atoms with Gasteiger partial charge in [-0.05, 0) is 35.4 Å². The Morgan fingerprint density at radius 2 is 2.07 bits per heavy atom. The van der Waals surface area contributed by atoms with Crippen molar-refractivity contribution in [2.24, 2.45) is 0 Å². The van der Waals surface area contributed by atoms with Crippen LogP contribution in [0.4, 0.5) is 0 Å². The van der Waals surface area contributed by atoms with Crippen molar-refractivity contribution in [2.45, 2.75) is 33.1 Å². The number of rotatable bonds is 2. The molecule has 0 aliphatic heterocycles. The zero-order chi connectivity index (χ0) is 10.1. The van der Waals surface area contributed by atoms with Gasteiger partial charge in [0.1, 0.15) is 0 Å². The van der Waals surface area contributed by atoms with Crippen LogP contribution < -0.4 is 0 Å². The van der Waals surface area contributed by atoms with Crippen LogP contribution in [0.5, 0.6) is 0 Å². The maximum atomic E-state index is 2.36. The second-order valence-electron chi connectivity index (χ2n) is 3.99.